The van der Waals surface area contributed by atoms with Crippen LogP contribution in [0, 0.1) is 0 Å². The first-order chi connectivity index (χ1) is 12.6. The minimum Gasteiger partial charge on any atom is -0.493 e. The van der Waals surface area contributed by atoms with Gasteiger partial charge in [-0.2, -0.15) is 0 Å². The van der Waals surface area contributed by atoms with Gasteiger partial charge in [0.2, 0.25) is 0 Å². The Morgan fingerprint density at radius 3 is 2.69 bits per heavy atom. The van der Waals surface area contributed by atoms with E-state index in [1.165, 1.54) is 11.1 Å². The minimum absolute atomic E-state index is 0.0492. The number of ether oxygens (including phenoxy) is 1. The summed E-state index contributed by atoms with van der Waals surface area (Å²) in [5.74, 6) is 0.967. The van der Waals surface area contributed by atoms with E-state index in [-0.39, 0.29) is 5.91 Å². The molecular weight excluding hydrogens is 371 g/mol. The number of piperazine rings is 1. The van der Waals surface area contributed by atoms with E-state index in [2.05, 4.69) is 23.1 Å². The summed E-state index contributed by atoms with van der Waals surface area (Å²) < 4.78 is 5.57. The highest BCUT2D eigenvalue weighted by molar-refractivity contribution is 6.43. The number of carbonyl (C=O) groups excluding carboxylic acids is 1. The summed E-state index contributed by atoms with van der Waals surface area (Å²) in [4.78, 5) is 16.9. The van der Waals surface area contributed by atoms with Gasteiger partial charge in [-0.1, -0.05) is 41.4 Å². The maximum Gasteiger partial charge on any atom is 0.255 e. The molecule has 1 amide bonds. The van der Waals surface area contributed by atoms with Gasteiger partial charge in [0.1, 0.15) is 5.75 Å². The van der Waals surface area contributed by atoms with Crippen molar-refractivity contribution in [2.45, 2.75) is 13.0 Å². The molecule has 0 aromatic heterocycles. The summed E-state index contributed by atoms with van der Waals surface area (Å²) in [6, 6.07) is 11.6. The first-order valence-corrected chi connectivity index (χ1v) is 9.57. The molecule has 0 bridgehead atoms. The molecule has 26 heavy (non-hydrogen) atoms. The quantitative estimate of drug-likeness (QED) is 0.796. The number of amides is 1. The summed E-state index contributed by atoms with van der Waals surface area (Å²) in [7, 11) is 0. The molecule has 2 heterocycles. The fourth-order valence-corrected chi connectivity index (χ4v) is 3.93. The van der Waals surface area contributed by atoms with Crippen LogP contribution < -0.4 is 4.74 Å². The predicted octanol–water partition coefficient (Wildman–Crippen LogP) is 3.89. The molecular formula is C20H20Cl2N2O2. The zero-order valence-corrected chi connectivity index (χ0v) is 15.9. The summed E-state index contributed by atoms with van der Waals surface area (Å²) >= 11 is 12.2. The molecule has 0 saturated carbocycles. The van der Waals surface area contributed by atoms with Crippen molar-refractivity contribution in [3.05, 3.63) is 63.1 Å². The second-order valence-electron chi connectivity index (χ2n) is 6.71. The van der Waals surface area contributed by atoms with E-state index >= 15 is 0 Å². The van der Waals surface area contributed by atoms with E-state index in [0.29, 0.717) is 28.7 Å². The molecule has 136 valence electrons. The van der Waals surface area contributed by atoms with Crippen LogP contribution in [-0.2, 0) is 13.0 Å². The van der Waals surface area contributed by atoms with Crippen LogP contribution in [0.15, 0.2) is 36.4 Å². The highest BCUT2D eigenvalue weighted by Crippen LogP contribution is 2.28. The van der Waals surface area contributed by atoms with Gasteiger partial charge in [0.05, 0.1) is 22.2 Å². The summed E-state index contributed by atoms with van der Waals surface area (Å²) in [6.45, 7) is 4.75. The maximum atomic E-state index is 12.7. The molecule has 1 fully saturated rings. The molecule has 0 radical (unpaired) electrons. The zero-order valence-electron chi connectivity index (χ0n) is 14.4. The van der Waals surface area contributed by atoms with Gasteiger partial charge >= 0.3 is 0 Å². The Kier molecular flexibility index (Phi) is 5.07. The third kappa shape index (κ3) is 3.54. The van der Waals surface area contributed by atoms with Gasteiger partial charge in [-0.15, -0.1) is 0 Å². The van der Waals surface area contributed by atoms with Crippen molar-refractivity contribution in [2.75, 3.05) is 32.8 Å². The highest BCUT2D eigenvalue weighted by atomic mass is 35.5. The molecule has 4 rings (SSSR count). The van der Waals surface area contributed by atoms with Crippen molar-refractivity contribution in [1.29, 1.82) is 0 Å². The number of carbonyl (C=O) groups is 1. The second kappa shape index (κ2) is 7.47. The minimum atomic E-state index is -0.0492. The van der Waals surface area contributed by atoms with E-state index < -0.39 is 0 Å². The third-order valence-electron chi connectivity index (χ3n) is 5.00. The fraction of sp³-hybridized carbons (Fsp3) is 0.350. The lowest BCUT2D eigenvalue weighted by molar-refractivity contribution is 0.0628. The summed E-state index contributed by atoms with van der Waals surface area (Å²) in [5, 5.41) is 0.749. The van der Waals surface area contributed by atoms with Gasteiger partial charge in [-0.25, -0.2) is 0 Å². The number of hydrogen-bond acceptors (Lipinski definition) is 3. The number of rotatable bonds is 3. The molecule has 2 aliphatic rings. The van der Waals surface area contributed by atoms with E-state index in [4.69, 9.17) is 27.9 Å². The first-order valence-electron chi connectivity index (χ1n) is 8.82. The largest absolute Gasteiger partial charge is 0.493 e. The average Bonchev–Trinajstić information content (AvgIpc) is 3.12. The Morgan fingerprint density at radius 2 is 1.88 bits per heavy atom. The molecule has 0 N–H and O–H groups in total. The van der Waals surface area contributed by atoms with Crippen molar-refractivity contribution >= 4 is 29.1 Å². The van der Waals surface area contributed by atoms with Crippen LogP contribution in [-0.4, -0.2) is 48.5 Å². The van der Waals surface area contributed by atoms with Crippen molar-refractivity contribution in [2.24, 2.45) is 0 Å². The standard InChI is InChI=1S/C20H20Cl2N2O2/c21-17-3-1-2-16(19(17)22)20(25)24-9-7-23(8-10-24)13-14-4-5-18-15(12-14)6-11-26-18/h1-5,12H,6-11,13H2. The van der Waals surface area contributed by atoms with Gasteiger partial charge in [-0.05, 0) is 29.3 Å². The van der Waals surface area contributed by atoms with E-state index in [1.54, 1.807) is 18.2 Å². The molecule has 0 spiro atoms. The number of nitrogens with zero attached hydrogens (tertiary/aromatic N) is 2. The second-order valence-corrected chi connectivity index (χ2v) is 7.50. The van der Waals surface area contributed by atoms with E-state index in [1.807, 2.05) is 4.90 Å². The zero-order chi connectivity index (χ0) is 18.1. The lowest BCUT2D eigenvalue weighted by Gasteiger charge is -2.35. The maximum absolute atomic E-state index is 12.7. The van der Waals surface area contributed by atoms with Crippen LogP contribution in [0.25, 0.3) is 0 Å². The van der Waals surface area contributed by atoms with Gasteiger partial charge in [0.15, 0.2) is 0 Å². The number of benzene rings is 2. The SMILES string of the molecule is O=C(c1cccc(Cl)c1Cl)N1CCN(Cc2ccc3c(c2)CCO3)CC1. The average molecular weight is 391 g/mol. The monoisotopic (exact) mass is 390 g/mol. The topological polar surface area (TPSA) is 32.8 Å². The van der Waals surface area contributed by atoms with Crippen LogP contribution in [0.5, 0.6) is 5.75 Å². The van der Waals surface area contributed by atoms with Crippen LogP contribution in [0.2, 0.25) is 10.0 Å². The van der Waals surface area contributed by atoms with E-state index in [9.17, 15) is 4.79 Å². The lowest BCUT2D eigenvalue weighted by Crippen LogP contribution is -2.48. The summed E-state index contributed by atoms with van der Waals surface area (Å²) in [5.41, 5.74) is 3.07. The smallest absolute Gasteiger partial charge is 0.255 e. The van der Waals surface area contributed by atoms with Gasteiger partial charge < -0.3 is 9.64 Å². The van der Waals surface area contributed by atoms with Gasteiger partial charge in [-0.3, -0.25) is 9.69 Å². The molecule has 2 aliphatic heterocycles. The molecule has 0 unspecified atom stereocenters. The molecule has 0 atom stereocenters. The highest BCUT2D eigenvalue weighted by Gasteiger charge is 2.24. The van der Waals surface area contributed by atoms with Crippen LogP contribution >= 0.6 is 23.2 Å². The number of hydrogen-bond donors (Lipinski definition) is 0. The molecule has 2 aromatic rings. The first kappa shape index (κ1) is 17.7. The summed E-state index contributed by atoms with van der Waals surface area (Å²) in [6.07, 6.45) is 0.992. The molecule has 0 aliphatic carbocycles. The Balaban J connectivity index is 1.37. The Bertz CT molecular complexity index is 833. The lowest BCUT2D eigenvalue weighted by atomic mass is 10.1. The molecule has 2 aromatic carbocycles. The van der Waals surface area contributed by atoms with Crippen LogP contribution in [0.3, 0.4) is 0 Å². The van der Waals surface area contributed by atoms with Crippen LogP contribution in [0.4, 0.5) is 0 Å². The van der Waals surface area contributed by atoms with Gasteiger partial charge in [0.25, 0.3) is 5.91 Å². The van der Waals surface area contributed by atoms with Gasteiger partial charge in [0, 0.05) is 39.1 Å². The van der Waals surface area contributed by atoms with E-state index in [0.717, 1.165) is 38.4 Å². The molecule has 6 heteroatoms. The Morgan fingerprint density at radius 1 is 1.08 bits per heavy atom. The third-order valence-corrected chi connectivity index (χ3v) is 5.82. The molecule has 4 nitrogen and oxygen atoms in total. The van der Waals surface area contributed by atoms with Crippen molar-refractivity contribution in [3.8, 4) is 5.75 Å². The normalized spacial score (nSPS) is 17.1. The Labute approximate surface area is 163 Å². The number of fused-ring (bicyclic) bond motifs is 1. The van der Waals surface area contributed by atoms with Crippen molar-refractivity contribution in [3.63, 3.8) is 0 Å². The Hall–Kier alpha value is -1.75. The molecule has 1 saturated heterocycles. The predicted molar refractivity (Wildman–Crippen MR) is 103 cm³/mol. The van der Waals surface area contributed by atoms with Crippen LogP contribution in [0.1, 0.15) is 21.5 Å². The fourth-order valence-electron chi connectivity index (χ4n) is 3.54. The van der Waals surface area contributed by atoms with Crippen molar-refractivity contribution in [1.82, 2.24) is 9.80 Å². The van der Waals surface area contributed by atoms with Crippen molar-refractivity contribution < 1.29 is 9.53 Å². The number of halogens is 2.